The molecule has 0 fully saturated rings. The molecule has 0 bridgehead atoms. The summed E-state index contributed by atoms with van der Waals surface area (Å²) in [5, 5.41) is 0. The minimum atomic E-state index is -3.59. The van der Waals surface area contributed by atoms with Crippen molar-refractivity contribution < 1.29 is 12.8 Å². The molecule has 0 aliphatic rings. The van der Waals surface area contributed by atoms with E-state index in [1.165, 1.54) is 0 Å². The Kier molecular flexibility index (Phi) is 6.90. The highest BCUT2D eigenvalue weighted by atomic mass is 32.2. The van der Waals surface area contributed by atoms with Crippen LogP contribution in [0, 0.1) is 13.8 Å². The highest BCUT2D eigenvalue weighted by Crippen LogP contribution is 2.26. The summed E-state index contributed by atoms with van der Waals surface area (Å²) in [5.41, 5.74) is 6.25. The van der Waals surface area contributed by atoms with Crippen molar-refractivity contribution in [3.63, 3.8) is 0 Å². The Hall–Kier alpha value is -0.850. The maximum absolute atomic E-state index is 12.7. The minimum Gasteiger partial charge on any atom is -0.465 e. The molecule has 0 radical (unpaired) electrons. The van der Waals surface area contributed by atoms with Crippen LogP contribution in [0.1, 0.15) is 63.0 Å². The summed E-state index contributed by atoms with van der Waals surface area (Å²) in [4.78, 5) is 0.222. The summed E-state index contributed by atoms with van der Waals surface area (Å²) < 4.78 is 33.6. The Morgan fingerprint density at radius 1 is 1.14 bits per heavy atom. The molecule has 0 saturated carbocycles. The lowest BCUT2D eigenvalue weighted by molar-refractivity contribution is 0.477. The molecule has 122 valence electrons. The molecule has 0 spiro atoms. The molecule has 1 atom stereocenters. The number of unbranched alkanes of at least 4 members (excludes halogenated alkanes) is 1. The van der Waals surface area contributed by atoms with Gasteiger partial charge in [0.1, 0.15) is 16.4 Å². The summed E-state index contributed by atoms with van der Waals surface area (Å²) in [6.07, 6.45) is 4.72. The molecular weight excluding hydrogens is 288 g/mol. The first-order chi connectivity index (χ1) is 9.87. The van der Waals surface area contributed by atoms with Crippen LogP contribution in [0.2, 0.25) is 0 Å². The van der Waals surface area contributed by atoms with E-state index in [4.69, 9.17) is 10.2 Å². The molecule has 3 N–H and O–H groups in total. The first-order valence-corrected chi connectivity index (χ1v) is 9.16. The van der Waals surface area contributed by atoms with Gasteiger partial charge < -0.3 is 10.2 Å². The fraction of sp³-hybridized carbons (Fsp3) is 0.733. The van der Waals surface area contributed by atoms with E-state index in [0.717, 1.165) is 32.1 Å². The van der Waals surface area contributed by atoms with Gasteiger partial charge >= 0.3 is 0 Å². The van der Waals surface area contributed by atoms with E-state index in [0.29, 0.717) is 17.1 Å². The molecule has 1 rings (SSSR count). The van der Waals surface area contributed by atoms with E-state index in [1.807, 2.05) is 0 Å². The normalized spacial score (nSPS) is 13.6. The predicted molar refractivity (Wildman–Crippen MR) is 84.6 cm³/mol. The Morgan fingerprint density at radius 2 is 1.81 bits per heavy atom. The zero-order valence-electron chi connectivity index (χ0n) is 13.5. The molecule has 0 saturated heterocycles. The van der Waals surface area contributed by atoms with Crippen molar-refractivity contribution in [2.75, 3.05) is 0 Å². The van der Waals surface area contributed by atoms with Crippen molar-refractivity contribution >= 4 is 10.0 Å². The average Bonchev–Trinajstić information content (AvgIpc) is 2.70. The molecule has 0 aliphatic heterocycles. The molecule has 1 unspecified atom stereocenters. The SMILES string of the molecule is CCCCC(CCC)NS(=O)(=O)c1c(C)oc(C)c1CN. The van der Waals surface area contributed by atoms with Crippen molar-refractivity contribution in [3.8, 4) is 0 Å². The zero-order chi connectivity index (χ0) is 16.0. The van der Waals surface area contributed by atoms with Crippen molar-refractivity contribution in [2.24, 2.45) is 5.73 Å². The van der Waals surface area contributed by atoms with Gasteiger partial charge in [-0.3, -0.25) is 0 Å². The van der Waals surface area contributed by atoms with Gasteiger partial charge in [-0.05, 0) is 26.7 Å². The third-order valence-corrected chi connectivity index (χ3v) is 5.38. The second kappa shape index (κ2) is 7.96. The van der Waals surface area contributed by atoms with Crippen LogP contribution in [0.3, 0.4) is 0 Å². The smallest absolute Gasteiger partial charge is 0.244 e. The predicted octanol–water partition coefficient (Wildman–Crippen LogP) is 2.99. The van der Waals surface area contributed by atoms with E-state index in [9.17, 15) is 8.42 Å². The molecule has 5 nitrogen and oxygen atoms in total. The largest absolute Gasteiger partial charge is 0.465 e. The van der Waals surface area contributed by atoms with Crippen molar-refractivity contribution in [2.45, 2.75) is 77.3 Å². The van der Waals surface area contributed by atoms with Crippen LogP contribution in [0.4, 0.5) is 0 Å². The summed E-state index contributed by atoms with van der Waals surface area (Å²) in [5.74, 6) is 0.988. The van der Waals surface area contributed by atoms with Gasteiger partial charge in [0.05, 0.1) is 0 Å². The van der Waals surface area contributed by atoms with Crippen LogP contribution in [0.25, 0.3) is 0 Å². The number of furan rings is 1. The topological polar surface area (TPSA) is 85.3 Å². The van der Waals surface area contributed by atoms with Gasteiger partial charge in [-0.2, -0.15) is 0 Å². The lowest BCUT2D eigenvalue weighted by atomic mass is 10.1. The number of sulfonamides is 1. The standard InChI is InChI=1S/C15H28N2O3S/c1-5-7-9-13(8-6-2)17-21(18,19)15-12(4)20-11(3)14(15)10-16/h13,17H,5-10,16H2,1-4H3. The van der Waals surface area contributed by atoms with E-state index in [-0.39, 0.29) is 17.5 Å². The lowest BCUT2D eigenvalue weighted by Crippen LogP contribution is -2.35. The van der Waals surface area contributed by atoms with Gasteiger partial charge in [0.25, 0.3) is 0 Å². The molecule has 6 heteroatoms. The molecule has 0 amide bonds. The minimum absolute atomic E-state index is 0.0276. The monoisotopic (exact) mass is 316 g/mol. The number of nitrogens with one attached hydrogen (secondary N) is 1. The number of hydrogen-bond acceptors (Lipinski definition) is 4. The second-order valence-corrected chi connectivity index (χ2v) is 7.13. The fourth-order valence-electron chi connectivity index (χ4n) is 2.64. The summed E-state index contributed by atoms with van der Waals surface area (Å²) in [7, 11) is -3.59. The Bertz CT molecular complexity index is 550. The highest BCUT2D eigenvalue weighted by molar-refractivity contribution is 7.89. The zero-order valence-corrected chi connectivity index (χ0v) is 14.3. The van der Waals surface area contributed by atoms with Crippen molar-refractivity contribution in [1.29, 1.82) is 0 Å². The number of aryl methyl sites for hydroxylation is 2. The maximum Gasteiger partial charge on any atom is 0.244 e. The lowest BCUT2D eigenvalue weighted by Gasteiger charge is -2.18. The fourth-order valence-corrected chi connectivity index (χ4v) is 4.40. The summed E-state index contributed by atoms with van der Waals surface area (Å²) >= 11 is 0. The second-order valence-electron chi connectivity index (χ2n) is 5.48. The van der Waals surface area contributed by atoms with Gasteiger partial charge in [0.2, 0.25) is 10.0 Å². The molecule has 0 aliphatic carbocycles. The molecule has 1 aromatic heterocycles. The Morgan fingerprint density at radius 3 is 2.33 bits per heavy atom. The van der Waals surface area contributed by atoms with Crippen molar-refractivity contribution in [1.82, 2.24) is 4.72 Å². The first kappa shape index (κ1) is 18.2. The van der Waals surface area contributed by atoms with Crippen LogP contribution in [-0.4, -0.2) is 14.5 Å². The third kappa shape index (κ3) is 4.56. The molecule has 1 heterocycles. The molecule has 0 aromatic carbocycles. The maximum atomic E-state index is 12.7. The van der Waals surface area contributed by atoms with Gasteiger partial charge in [-0.15, -0.1) is 0 Å². The third-order valence-electron chi connectivity index (χ3n) is 3.66. The quantitative estimate of drug-likeness (QED) is 0.733. The average molecular weight is 316 g/mol. The van der Waals surface area contributed by atoms with Crippen LogP contribution >= 0.6 is 0 Å². The summed E-state index contributed by atoms with van der Waals surface area (Å²) in [6.45, 7) is 7.74. The van der Waals surface area contributed by atoms with Crippen LogP contribution in [-0.2, 0) is 16.6 Å². The van der Waals surface area contributed by atoms with Crippen LogP contribution in [0.5, 0.6) is 0 Å². The number of nitrogens with two attached hydrogens (primary N) is 1. The molecule has 1 aromatic rings. The van der Waals surface area contributed by atoms with Crippen LogP contribution in [0.15, 0.2) is 9.31 Å². The van der Waals surface area contributed by atoms with E-state index < -0.39 is 10.0 Å². The Labute approximate surface area is 128 Å². The molecular formula is C15H28N2O3S. The van der Waals surface area contributed by atoms with E-state index in [2.05, 4.69) is 18.6 Å². The van der Waals surface area contributed by atoms with Crippen molar-refractivity contribution in [3.05, 3.63) is 17.1 Å². The molecule has 21 heavy (non-hydrogen) atoms. The number of rotatable bonds is 9. The van der Waals surface area contributed by atoms with Crippen LogP contribution < -0.4 is 10.5 Å². The highest BCUT2D eigenvalue weighted by Gasteiger charge is 2.28. The first-order valence-electron chi connectivity index (χ1n) is 7.68. The van der Waals surface area contributed by atoms with Gasteiger partial charge in [-0.1, -0.05) is 33.1 Å². The van der Waals surface area contributed by atoms with Gasteiger partial charge in [0, 0.05) is 18.2 Å². The number of hydrogen-bond donors (Lipinski definition) is 2. The van der Waals surface area contributed by atoms with E-state index >= 15 is 0 Å². The Balaban J connectivity index is 3.04. The van der Waals surface area contributed by atoms with Gasteiger partial charge in [-0.25, -0.2) is 13.1 Å². The summed E-state index contributed by atoms with van der Waals surface area (Å²) in [6, 6.07) is -0.0276. The van der Waals surface area contributed by atoms with E-state index in [1.54, 1.807) is 13.8 Å². The van der Waals surface area contributed by atoms with Gasteiger partial charge in [0.15, 0.2) is 0 Å².